The van der Waals surface area contributed by atoms with Gasteiger partial charge in [0.15, 0.2) is 5.16 Å². The van der Waals surface area contributed by atoms with Crippen LogP contribution in [0.15, 0.2) is 52.4 Å². The minimum absolute atomic E-state index is 0.0413. The molecule has 2 aromatic carbocycles. The summed E-state index contributed by atoms with van der Waals surface area (Å²) >= 11 is 1.19. The number of carbonyl (C=O) groups is 1. The van der Waals surface area contributed by atoms with E-state index in [0.717, 1.165) is 16.8 Å². The summed E-state index contributed by atoms with van der Waals surface area (Å²) in [5.41, 5.74) is 2.23. The van der Waals surface area contributed by atoms with Crippen molar-refractivity contribution in [3.8, 4) is 11.8 Å². The molecule has 0 aliphatic carbocycles. The summed E-state index contributed by atoms with van der Waals surface area (Å²) in [6.07, 6.45) is 0. The number of carbonyl (C=O) groups excluding carboxylic acids is 1. The summed E-state index contributed by atoms with van der Waals surface area (Å²) in [6, 6.07) is 15.2. The van der Waals surface area contributed by atoms with Crippen LogP contribution in [0.4, 0.5) is 0 Å². The number of para-hydroxylation sites is 1. The first kappa shape index (κ1) is 22.6. The number of aromatic nitrogens is 2. The first-order chi connectivity index (χ1) is 14.7. The molecule has 0 aliphatic heterocycles. The highest BCUT2D eigenvalue weighted by Gasteiger charge is 2.30. The second kappa shape index (κ2) is 8.94. The molecule has 3 rings (SSSR count). The maximum Gasteiger partial charge on any atom is 0.266 e. The quantitative estimate of drug-likeness (QED) is 0.465. The van der Waals surface area contributed by atoms with Gasteiger partial charge in [0, 0.05) is 0 Å². The van der Waals surface area contributed by atoms with E-state index in [-0.39, 0.29) is 23.1 Å². The zero-order valence-electron chi connectivity index (χ0n) is 18.4. The number of thioether (sulfide) groups is 1. The number of nitrogens with zero attached hydrogens (tertiary/aromatic N) is 3. The Bertz CT molecular complexity index is 1240. The SMILES string of the molecule is Cc1ccc(-n2c(SCC(=O)N[C@@](C)(C#N)C(C)C)nc3ccccc3c2=O)c(C)c1. The number of fused-ring (bicyclic) bond motifs is 1. The van der Waals surface area contributed by atoms with Crippen LogP contribution in [0.5, 0.6) is 0 Å². The predicted molar refractivity (Wildman–Crippen MR) is 125 cm³/mol. The molecule has 6 nitrogen and oxygen atoms in total. The van der Waals surface area contributed by atoms with E-state index in [0.29, 0.717) is 16.1 Å². The van der Waals surface area contributed by atoms with Gasteiger partial charge in [-0.1, -0.05) is 55.4 Å². The lowest BCUT2D eigenvalue weighted by atomic mass is 9.90. The van der Waals surface area contributed by atoms with Crippen LogP contribution >= 0.6 is 11.8 Å². The number of amides is 1. The van der Waals surface area contributed by atoms with E-state index >= 15 is 0 Å². The van der Waals surface area contributed by atoms with Gasteiger partial charge >= 0.3 is 0 Å². The van der Waals surface area contributed by atoms with Crippen LogP contribution in [-0.4, -0.2) is 26.8 Å². The van der Waals surface area contributed by atoms with E-state index in [9.17, 15) is 14.9 Å². The molecule has 1 N–H and O–H groups in total. The van der Waals surface area contributed by atoms with Crippen LogP contribution in [0.3, 0.4) is 0 Å². The summed E-state index contributed by atoms with van der Waals surface area (Å²) in [5.74, 6) is -0.282. The molecule has 0 unspecified atom stereocenters. The Morgan fingerprint density at radius 3 is 2.61 bits per heavy atom. The number of nitrogens with one attached hydrogen (secondary N) is 1. The molecule has 1 aromatic heterocycles. The van der Waals surface area contributed by atoms with Gasteiger partial charge in [-0.3, -0.25) is 14.2 Å². The molecule has 160 valence electrons. The molecule has 0 aliphatic rings. The first-order valence-corrected chi connectivity index (χ1v) is 11.1. The van der Waals surface area contributed by atoms with Crippen LogP contribution in [-0.2, 0) is 4.79 Å². The van der Waals surface area contributed by atoms with E-state index < -0.39 is 5.54 Å². The van der Waals surface area contributed by atoms with Crippen LogP contribution < -0.4 is 10.9 Å². The van der Waals surface area contributed by atoms with Crippen molar-refractivity contribution in [2.45, 2.75) is 45.3 Å². The number of rotatable bonds is 6. The fourth-order valence-corrected chi connectivity index (χ4v) is 4.04. The maximum absolute atomic E-state index is 13.4. The zero-order chi connectivity index (χ0) is 22.8. The van der Waals surface area contributed by atoms with Gasteiger partial charge in [-0.25, -0.2) is 4.98 Å². The first-order valence-electron chi connectivity index (χ1n) is 10.1. The molecule has 0 bridgehead atoms. The van der Waals surface area contributed by atoms with Gasteiger partial charge in [0.2, 0.25) is 5.91 Å². The molecule has 0 saturated heterocycles. The third-order valence-corrected chi connectivity index (χ3v) is 6.40. The molecule has 1 atom stereocenters. The van der Waals surface area contributed by atoms with Crippen molar-refractivity contribution in [3.63, 3.8) is 0 Å². The fraction of sp³-hybridized carbons (Fsp3) is 0.333. The molecular weight excluding hydrogens is 408 g/mol. The standard InChI is InChI=1S/C24H26N4O2S/c1-15(2)24(5,14-25)27-21(29)13-31-23-26-19-9-7-6-8-18(19)22(30)28(23)20-11-10-16(3)12-17(20)4/h6-12,15H,13H2,1-5H3,(H,27,29)/t24-/m0/s1. The lowest BCUT2D eigenvalue weighted by molar-refractivity contribution is -0.120. The molecule has 31 heavy (non-hydrogen) atoms. The van der Waals surface area contributed by atoms with Crippen molar-refractivity contribution in [1.82, 2.24) is 14.9 Å². The molecule has 0 saturated carbocycles. The Balaban J connectivity index is 2.03. The second-order valence-electron chi connectivity index (χ2n) is 8.15. The van der Waals surface area contributed by atoms with Crippen molar-refractivity contribution in [2.75, 3.05) is 5.75 Å². The average Bonchev–Trinajstić information content (AvgIpc) is 2.73. The minimum atomic E-state index is -0.957. The zero-order valence-corrected chi connectivity index (χ0v) is 19.2. The summed E-state index contributed by atoms with van der Waals surface area (Å²) in [6.45, 7) is 9.43. The lowest BCUT2D eigenvalue weighted by Gasteiger charge is -2.27. The Hall–Kier alpha value is -3.11. The van der Waals surface area contributed by atoms with Crippen molar-refractivity contribution in [2.24, 2.45) is 5.92 Å². The number of aryl methyl sites for hydroxylation is 2. The van der Waals surface area contributed by atoms with Gasteiger partial charge < -0.3 is 5.32 Å². The minimum Gasteiger partial charge on any atom is -0.337 e. The molecule has 0 fully saturated rings. The molecular formula is C24H26N4O2S. The normalized spacial score (nSPS) is 13.1. The Morgan fingerprint density at radius 1 is 1.26 bits per heavy atom. The van der Waals surface area contributed by atoms with Gasteiger partial charge in [-0.15, -0.1) is 0 Å². The van der Waals surface area contributed by atoms with Crippen LogP contribution in [0.2, 0.25) is 0 Å². The largest absolute Gasteiger partial charge is 0.337 e. The van der Waals surface area contributed by atoms with Gasteiger partial charge in [-0.2, -0.15) is 5.26 Å². The molecule has 1 heterocycles. The average molecular weight is 435 g/mol. The Morgan fingerprint density at radius 2 is 1.97 bits per heavy atom. The highest BCUT2D eigenvalue weighted by molar-refractivity contribution is 7.99. The molecule has 0 radical (unpaired) electrons. The van der Waals surface area contributed by atoms with Crippen molar-refractivity contribution in [3.05, 3.63) is 63.9 Å². The Labute approximate surface area is 186 Å². The second-order valence-corrected chi connectivity index (χ2v) is 9.09. The summed E-state index contributed by atoms with van der Waals surface area (Å²) in [4.78, 5) is 30.6. The Kier molecular flexibility index (Phi) is 6.51. The van der Waals surface area contributed by atoms with E-state index in [4.69, 9.17) is 0 Å². The van der Waals surface area contributed by atoms with E-state index in [1.165, 1.54) is 11.8 Å². The van der Waals surface area contributed by atoms with Gasteiger partial charge in [0.1, 0.15) is 5.54 Å². The molecule has 1 amide bonds. The molecule has 3 aromatic rings. The smallest absolute Gasteiger partial charge is 0.266 e. The van der Waals surface area contributed by atoms with E-state index in [1.807, 2.05) is 58.0 Å². The summed E-state index contributed by atoms with van der Waals surface area (Å²) in [5, 5.41) is 13.2. The molecule has 0 spiro atoms. The van der Waals surface area contributed by atoms with Crippen LogP contribution in [0.25, 0.3) is 16.6 Å². The van der Waals surface area contributed by atoms with Gasteiger partial charge in [-0.05, 0) is 50.5 Å². The van der Waals surface area contributed by atoms with E-state index in [2.05, 4.69) is 16.4 Å². The number of benzene rings is 2. The summed E-state index contributed by atoms with van der Waals surface area (Å²) in [7, 11) is 0. The fourth-order valence-electron chi connectivity index (χ4n) is 3.24. The highest BCUT2D eigenvalue weighted by atomic mass is 32.2. The lowest BCUT2D eigenvalue weighted by Crippen LogP contribution is -2.49. The van der Waals surface area contributed by atoms with Crippen molar-refractivity contribution >= 4 is 28.6 Å². The third kappa shape index (κ3) is 4.64. The van der Waals surface area contributed by atoms with Gasteiger partial charge in [0.05, 0.1) is 28.4 Å². The third-order valence-electron chi connectivity index (χ3n) is 5.46. The monoisotopic (exact) mass is 434 g/mol. The van der Waals surface area contributed by atoms with Crippen molar-refractivity contribution < 1.29 is 4.79 Å². The predicted octanol–water partition coefficient (Wildman–Crippen LogP) is 4.15. The number of nitriles is 1. The number of hydrogen-bond acceptors (Lipinski definition) is 5. The van der Waals surface area contributed by atoms with Gasteiger partial charge in [0.25, 0.3) is 5.56 Å². The van der Waals surface area contributed by atoms with E-state index in [1.54, 1.807) is 23.6 Å². The summed E-state index contributed by atoms with van der Waals surface area (Å²) < 4.78 is 1.57. The topological polar surface area (TPSA) is 87.8 Å². The highest BCUT2D eigenvalue weighted by Crippen LogP contribution is 2.24. The van der Waals surface area contributed by atoms with Crippen LogP contribution in [0.1, 0.15) is 31.9 Å². The maximum atomic E-state index is 13.4. The van der Waals surface area contributed by atoms with Crippen molar-refractivity contribution in [1.29, 1.82) is 5.26 Å². The number of hydrogen-bond donors (Lipinski definition) is 1. The molecule has 7 heteroatoms. The van der Waals surface area contributed by atoms with Crippen LogP contribution in [0, 0.1) is 31.1 Å².